The van der Waals surface area contributed by atoms with Gasteiger partial charge in [-0.1, -0.05) is 6.07 Å². The van der Waals surface area contributed by atoms with Crippen LogP contribution in [0.5, 0.6) is 0 Å². The Morgan fingerprint density at radius 3 is 3.14 bits per heavy atom. The lowest BCUT2D eigenvalue weighted by atomic mass is 9.94. The number of carbonyl (C=O) groups is 1. The third-order valence-corrected chi connectivity index (χ3v) is 5.01. The molecule has 11 heteroatoms. The Morgan fingerprint density at radius 1 is 1.48 bits per heavy atom. The molecule has 0 aromatic carbocycles. The van der Waals surface area contributed by atoms with E-state index in [1.807, 2.05) is 4.90 Å². The van der Waals surface area contributed by atoms with Crippen molar-refractivity contribution in [3.63, 3.8) is 0 Å². The molecule has 0 aliphatic carbocycles. The number of aromatic nitrogens is 4. The molecule has 3 aromatic rings. The number of ether oxygens (including phenoxy) is 1. The molecule has 1 fully saturated rings. The summed E-state index contributed by atoms with van der Waals surface area (Å²) in [6, 6.07) is 5.29. The van der Waals surface area contributed by atoms with Crippen molar-refractivity contribution in [2.24, 2.45) is 0 Å². The number of hydrogen-bond acceptors (Lipinski definition) is 7. The monoisotopic (exact) mass is 399 g/mol. The zero-order chi connectivity index (χ0) is 20.4. The molecule has 29 heavy (non-hydrogen) atoms. The maximum Gasteiger partial charge on any atom is 0.372 e. The summed E-state index contributed by atoms with van der Waals surface area (Å²) >= 11 is 0. The van der Waals surface area contributed by atoms with Crippen molar-refractivity contribution in [2.75, 3.05) is 37.0 Å². The number of nitrogens with zero attached hydrogens (tertiary/aromatic N) is 5. The summed E-state index contributed by atoms with van der Waals surface area (Å²) in [7, 11) is 1.45. The number of nitrogens with one attached hydrogen (secondary N) is 2. The fraction of sp³-hybridized carbons (Fsp3) is 0.389. The summed E-state index contributed by atoms with van der Waals surface area (Å²) in [6.07, 6.45) is 4.91. The smallest absolute Gasteiger partial charge is 0.372 e. The Labute approximate surface area is 165 Å². The molecule has 1 aliphatic rings. The van der Waals surface area contributed by atoms with Gasteiger partial charge in [0.05, 0.1) is 23.8 Å². The minimum absolute atomic E-state index is 0.0218. The minimum atomic E-state index is -0.397. The lowest BCUT2D eigenvalue weighted by Gasteiger charge is -2.32. The lowest BCUT2D eigenvalue weighted by Crippen LogP contribution is -2.35. The van der Waals surface area contributed by atoms with E-state index in [1.165, 1.54) is 11.5 Å². The predicted molar refractivity (Wildman–Crippen MR) is 105 cm³/mol. The maximum absolute atomic E-state index is 11.9. The van der Waals surface area contributed by atoms with Crippen LogP contribution in [-0.2, 0) is 9.53 Å². The van der Waals surface area contributed by atoms with E-state index < -0.39 is 4.92 Å². The van der Waals surface area contributed by atoms with Gasteiger partial charge in [-0.15, -0.1) is 0 Å². The average molecular weight is 399 g/mol. The fourth-order valence-corrected chi connectivity index (χ4v) is 3.78. The second kappa shape index (κ2) is 7.87. The molecule has 0 radical (unpaired) electrons. The highest BCUT2D eigenvalue weighted by Gasteiger charge is 2.32. The van der Waals surface area contributed by atoms with Crippen LogP contribution in [0.4, 0.5) is 17.3 Å². The van der Waals surface area contributed by atoms with Crippen LogP contribution in [-0.4, -0.2) is 57.2 Å². The highest BCUT2D eigenvalue weighted by atomic mass is 16.6. The molecule has 1 saturated heterocycles. The third-order valence-electron chi connectivity index (χ3n) is 5.01. The van der Waals surface area contributed by atoms with Gasteiger partial charge < -0.3 is 25.1 Å². The van der Waals surface area contributed by atoms with Crippen LogP contribution in [0.3, 0.4) is 0 Å². The number of methoxy groups -OCH3 is 1. The van der Waals surface area contributed by atoms with Gasteiger partial charge in [-0.2, -0.15) is 14.5 Å². The molecular weight excluding hydrogens is 378 g/mol. The highest BCUT2D eigenvalue weighted by molar-refractivity contribution is 5.92. The molecular formula is C18H21N7O4. The molecule has 4 rings (SSSR count). The van der Waals surface area contributed by atoms with Crippen LogP contribution in [0.1, 0.15) is 24.5 Å². The second-order valence-corrected chi connectivity index (χ2v) is 6.91. The number of amides is 1. The highest BCUT2D eigenvalue weighted by Crippen LogP contribution is 2.36. The summed E-state index contributed by atoms with van der Waals surface area (Å²) in [5, 5.41) is 21.5. The number of pyridine rings is 1. The number of nitro groups is 1. The van der Waals surface area contributed by atoms with Crippen molar-refractivity contribution < 1.29 is 14.5 Å². The van der Waals surface area contributed by atoms with Gasteiger partial charge in [0, 0.05) is 32.2 Å². The van der Waals surface area contributed by atoms with E-state index in [9.17, 15) is 14.9 Å². The largest absolute Gasteiger partial charge is 0.375 e. The Morgan fingerprint density at radius 2 is 2.34 bits per heavy atom. The number of aromatic amines is 1. The van der Waals surface area contributed by atoms with E-state index in [4.69, 9.17) is 4.74 Å². The van der Waals surface area contributed by atoms with Crippen molar-refractivity contribution in [2.45, 2.75) is 18.8 Å². The van der Waals surface area contributed by atoms with Gasteiger partial charge in [-0.3, -0.25) is 9.89 Å². The third kappa shape index (κ3) is 3.63. The first kappa shape index (κ1) is 18.9. The molecule has 1 amide bonds. The van der Waals surface area contributed by atoms with Crippen molar-refractivity contribution in [3.8, 4) is 0 Å². The summed E-state index contributed by atoms with van der Waals surface area (Å²) in [5.74, 6) is 0.0715. The van der Waals surface area contributed by atoms with E-state index in [1.54, 1.807) is 30.6 Å². The first-order valence-electron chi connectivity index (χ1n) is 9.27. The fourth-order valence-electron chi connectivity index (χ4n) is 3.78. The van der Waals surface area contributed by atoms with Crippen molar-refractivity contribution in [3.05, 3.63) is 46.4 Å². The van der Waals surface area contributed by atoms with E-state index in [-0.39, 0.29) is 24.2 Å². The number of imidazole rings is 1. The van der Waals surface area contributed by atoms with Crippen molar-refractivity contribution >= 4 is 28.9 Å². The normalized spacial score (nSPS) is 16.9. The van der Waals surface area contributed by atoms with Crippen LogP contribution in [0.15, 0.2) is 30.6 Å². The predicted octanol–water partition coefficient (Wildman–Crippen LogP) is 1.93. The Balaban J connectivity index is 1.61. The summed E-state index contributed by atoms with van der Waals surface area (Å²) in [6.45, 7) is 1.15. The number of carbonyl (C=O) groups excluding carboxylic acids is 1. The number of fused-ring (bicyclic) bond motifs is 1. The number of rotatable bonds is 6. The molecule has 0 saturated carbocycles. The van der Waals surface area contributed by atoms with Gasteiger partial charge in [0.15, 0.2) is 0 Å². The second-order valence-electron chi connectivity index (χ2n) is 6.91. The molecule has 1 aliphatic heterocycles. The van der Waals surface area contributed by atoms with E-state index in [2.05, 4.69) is 20.5 Å². The summed E-state index contributed by atoms with van der Waals surface area (Å²) in [5.41, 5.74) is 1.93. The summed E-state index contributed by atoms with van der Waals surface area (Å²) < 4.78 is 6.34. The van der Waals surface area contributed by atoms with Gasteiger partial charge in [0.1, 0.15) is 6.61 Å². The summed E-state index contributed by atoms with van der Waals surface area (Å²) in [4.78, 5) is 29.6. The minimum Gasteiger partial charge on any atom is -0.375 e. The zero-order valence-electron chi connectivity index (χ0n) is 15.9. The zero-order valence-corrected chi connectivity index (χ0v) is 15.9. The van der Waals surface area contributed by atoms with Gasteiger partial charge in [0.2, 0.25) is 17.4 Å². The first-order chi connectivity index (χ1) is 14.1. The molecule has 11 nitrogen and oxygen atoms in total. The van der Waals surface area contributed by atoms with Gasteiger partial charge >= 0.3 is 5.82 Å². The standard InChI is InChI=1S/C18H21N7O4/c1-29-11-15(26)20-13-9-19-22-16(13)12-5-4-7-23(10-12)17-18(25(27)28)24-8-3-2-6-14(24)21-17/h2-3,6,8-9,12H,4-5,7,10-11H2,1H3,(H,19,22)(H,20,26). The van der Waals surface area contributed by atoms with Crippen molar-refractivity contribution in [1.82, 2.24) is 19.6 Å². The molecule has 1 unspecified atom stereocenters. The first-order valence-corrected chi connectivity index (χ1v) is 9.27. The SMILES string of the molecule is COCC(=O)Nc1cn[nH]c1C1CCCN(c2nc3ccccn3c2[N+](=O)[O-])C1. The van der Waals surface area contributed by atoms with E-state index in [0.29, 0.717) is 30.2 Å². The van der Waals surface area contributed by atoms with E-state index in [0.717, 1.165) is 18.5 Å². The van der Waals surface area contributed by atoms with Gasteiger partial charge in [-0.05, 0) is 23.8 Å². The molecule has 2 N–H and O–H groups in total. The molecule has 3 aromatic heterocycles. The van der Waals surface area contributed by atoms with Crippen molar-refractivity contribution in [1.29, 1.82) is 0 Å². The molecule has 152 valence electrons. The Kier molecular flexibility index (Phi) is 5.12. The molecule has 0 spiro atoms. The van der Waals surface area contributed by atoms with Crippen LogP contribution in [0.25, 0.3) is 5.65 Å². The van der Waals surface area contributed by atoms with Gasteiger partial charge in [0.25, 0.3) is 0 Å². The number of H-pyrrole nitrogens is 1. The van der Waals surface area contributed by atoms with Crippen LogP contribution < -0.4 is 10.2 Å². The van der Waals surface area contributed by atoms with Crippen LogP contribution in [0, 0.1) is 10.1 Å². The Bertz CT molecular complexity index is 1040. The van der Waals surface area contributed by atoms with Gasteiger partial charge in [-0.25, -0.2) is 0 Å². The van der Waals surface area contributed by atoms with Crippen LogP contribution in [0.2, 0.25) is 0 Å². The van der Waals surface area contributed by atoms with E-state index >= 15 is 0 Å². The quantitative estimate of drug-likeness (QED) is 0.478. The number of hydrogen-bond donors (Lipinski definition) is 2. The molecule has 0 bridgehead atoms. The number of anilines is 2. The molecule has 4 heterocycles. The maximum atomic E-state index is 11.9. The Hall–Kier alpha value is -3.47. The average Bonchev–Trinajstić information content (AvgIpc) is 3.32. The lowest BCUT2D eigenvalue weighted by molar-refractivity contribution is -0.389. The number of piperidine rings is 1. The molecule has 1 atom stereocenters. The van der Waals surface area contributed by atoms with Crippen LogP contribution >= 0.6 is 0 Å². The topological polar surface area (TPSA) is 131 Å².